The lowest BCUT2D eigenvalue weighted by Gasteiger charge is -2.14. The van der Waals surface area contributed by atoms with Crippen molar-refractivity contribution in [2.24, 2.45) is 0 Å². The van der Waals surface area contributed by atoms with Gasteiger partial charge in [-0.05, 0) is 44.1 Å². The monoisotopic (exact) mass is 234 g/mol. The van der Waals surface area contributed by atoms with E-state index in [0.717, 1.165) is 21.8 Å². The molecule has 0 aliphatic heterocycles. The third kappa shape index (κ3) is 2.10. The number of hydrogen-bond acceptors (Lipinski definition) is 5. The van der Waals surface area contributed by atoms with Crippen LogP contribution in [0, 0.1) is 13.8 Å². The van der Waals surface area contributed by atoms with Crippen LogP contribution in [-0.4, -0.2) is 21.6 Å². The van der Waals surface area contributed by atoms with Gasteiger partial charge in [0.05, 0.1) is 16.6 Å². The fraction of sp³-hybridized carbons (Fsp3) is 0.364. The van der Waals surface area contributed by atoms with Crippen molar-refractivity contribution in [2.45, 2.75) is 19.9 Å². The van der Waals surface area contributed by atoms with Gasteiger partial charge in [-0.1, -0.05) is 10.6 Å². The van der Waals surface area contributed by atoms with Crippen LogP contribution in [0.3, 0.4) is 0 Å². The minimum atomic E-state index is 0.132. The zero-order chi connectivity index (χ0) is 11.5. The van der Waals surface area contributed by atoms with E-state index in [9.17, 15) is 0 Å². The number of pyridine rings is 1. The highest BCUT2D eigenvalue weighted by Crippen LogP contribution is 2.25. The van der Waals surface area contributed by atoms with Gasteiger partial charge in [-0.2, -0.15) is 0 Å². The molecule has 0 saturated carbocycles. The molecule has 0 aliphatic carbocycles. The van der Waals surface area contributed by atoms with Crippen molar-refractivity contribution < 1.29 is 0 Å². The Hall–Kier alpha value is -1.33. The van der Waals surface area contributed by atoms with E-state index < -0.39 is 0 Å². The molecule has 5 heteroatoms. The summed E-state index contributed by atoms with van der Waals surface area (Å²) in [4.78, 5) is 5.46. The maximum Gasteiger partial charge on any atom is 0.0776 e. The molecule has 2 aromatic heterocycles. The minimum Gasteiger partial charge on any atom is -0.309 e. The molecule has 0 fully saturated rings. The van der Waals surface area contributed by atoms with Crippen molar-refractivity contribution in [3.05, 3.63) is 40.2 Å². The number of rotatable bonds is 3. The van der Waals surface area contributed by atoms with Gasteiger partial charge >= 0.3 is 0 Å². The third-order valence-corrected chi connectivity index (χ3v) is 3.40. The molecule has 0 aliphatic rings. The largest absolute Gasteiger partial charge is 0.309 e. The standard InChI is InChI=1S/C11H14N4S/c1-7-4-5-9(6-13-7)10(12-3)11-8(2)14-15-16-11/h4-6,10,12H,1-3H3. The average Bonchev–Trinajstić information content (AvgIpc) is 2.69. The van der Waals surface area contributed by atoms with Crippen molar-refractivity contribution in [1.29, 1.82) is 0 Å². The van der Waals surface area contributed by atoms with Crippen molar-refractivity contribution in [1.82, 2.24) is 19.9 Å². The first-order valence-corrected chi connectivity index (χ1v) is 5.88. The number of nitrogens with one attached hydrogen (secondary N) is 1. The van der Waals surface area contributed by atoms with Crippen molar-refractivity contribution in [3.63, 3.8) is 0 Å². The Kier molecular flexibility index (Phi) is 3.26. The Labute approximate surface area is 98.9 Å². The fourth-order valence-electron chi connectivity index (χ4n) is 1.60. The van der Waals surface area contributed by atoms with Gasteiger partial charge in [0.2, 0.25) is 0 Å². The molecule has 84 valence electrons. The van der Waals surface area contributed by atoms with E-state index in [2.05, 4.69) is 26.0 Å². The van der Waals surface area contributed by atoms with Crippen LogP contribution in [0.15, 0.2) is 18.3 Å². The second-order valence-electron chi connectivity index (χ2n) is 3.68. The summed E-state index contributed by atoms with van der Waals surface area (Å²) in [5.41, 5.74) is 3.14. The smallest absolute Gasteiger partial charge is 0.0776 e. The maximum atomic E-state index is 4.31. The first-order chi connectivity index (χ1) is 7.72. The molecule has 2 heterocycles. The summed E-state index contributed by atoms with van der Waals surface area (Å²) >= 11 is 1.43. The zero-order valence-electron chi connectivity index (χ0n) is 9.56. The van der Waals surface area contributed by atoms with Gasteiger partial charge in [0.1, 0.15) is 0 Å². The molecule has 0 bridgehead atoms. The van der Waals surface area contributed by atoms with Crippen LogP contribution in [-0.2, 0) is 0 Å². The number of aromatic nitrogens is 3. The van der Waals surface area contributed by atoms with Crippen LogP contribution in [0.25, 0.3) is 0 Å². The van der Waals surface area contributed by atoms with Crippen LogP contribution in [0.2, 0.25) is 0 Å². The fourth-order valence-corrected chi connectivity index (χ4v) is 2.39. The zero-order valence-corrected chi connectivity index (χ0v) is 10.4. The Morgan fingerprint density at radius 1 is 1.31 bits per heavy atom. The van der Waals surface area contributed by atoms with E-state index in [4.69, 9.17) is 0 Å². The highest BCUT2D eigenvalue weighted by atomic mass is 32.1. The number of aryl methyl sites for hydroxylation is 2. The predicted molar refractivity (Wildman–Crippen MR) is 64.5 cm³/mol. The van der Waals surface area contributed by atoms with E-state index in [-0.39, 0.29) is 6.04 Å². The quantitative estimate of drug-likeness (QED) is 0.880. The molecule has 1 unspecified atom stereocenters. The van der Waals surface area contributed by atoms with Gasteiger partial charge in [-0.15, -0.1) is 5.10 Å². The molecule has 1 N–H and O–H groups in total. The Morgan fingerprint density at radius 2 is 2.12 bits per heavy atom. The first kappa shape index (κ1) is 11.2. The van der Waals surface area contributed by atoms with Gasteiger partial charge in [-0.25, -0.2) is 0 Å². The lowest BCUT2D eigenvalue weighted by Crippen LogP contribution is -2.17. The molecule has 2 rings (SSSR count). The van der Waals surface area contributed by atoms with Crippen LogP contribution in [0.4, 0.5) is 0 Å². The third-order valence-electron chi connectivity index (χ3n) is 2.51. The van der Waals surface area contributed by atoms with Crippen LogP contribution in [0.1, 0.15) is 27.9 Å². The van der Waals surface area contributed by atoms with E-state index in [1.54, 1.807) is 0 Å². The second kappa shape index (κ2) is 4.67. The summed E-state index contributed by atoms with van der Waals surface area (Å²) in [5, 5.41) is 7.31. The van der Waals surface area contributed by atoms with Crippen molar-refractivity contribution >= 4 is 11.5 Å². The highest BCUT2D eigenvalue weighted by molar-refractivity contribution is 7.05. The summed E-state index contributed by atoms with van der Waals surface area (Å²) in [6.45, 7) is 3.96. The molecule has 0 saturated heterocycles. The molecule has 2 aromatic rings. The van der Waals surface area contributed by atoms with E-state index in [1.807, 2.05) is 33.2 Å². The van der Waals surface area contributed by atoms with Crippen LogP contribution < -0.4 is 5.32 Å². The van der Waals surface area contributed by atoms with Gasteiger partial charge in [0.15, 0.2) is 0 Å². The van der Waals surface area contributed by atoms with E-state index in [1.165, 1.54) is 11.5 Å². The Balaban J connectivity index is 2.37. The Morgan fingerprint density at radius 3 is 2.62 bits per heavy atom. The predicted octanol–water partition coefficient (Wildman–Crippen LogP) is 1.86. The van der Waals surface area contributed by atoms with E-state index >= 15 is 0 Å². The molecule has 4 nitrogen and oxygen atoms in total. The topological polar surface area (TPSA) is 50.7 Å². The van der Waals surface area contributed by atoms with Gasteiger partial charge in [-0.3, -0.25) is 4.98 Å². The minimum absolute atomic E-state index is 0.132. The second-order valence-corrected chi connectivity index (χ2v) is 4.46. The summed E-state index contributed by atoms with van der Waals surface area (Å²) in [6.07, 6.45) is 1.90. The molecule has 0 aromatic carbocycles. The summed E-state index contributed by atoms with van der Waals surface area (Å²) in [6, 6.07) is 4.24. The average molecular weight is 234 g/mol. The summed E-state index contributed by atoms with van der Waals surface area (Å²) in [7, 11) is 1.93. The van der Waals surface area contributed by atoms with E-state index in [0.29, 0.717) is 0 Å². The molecule has 0 amide bonds. The number of nitrogens with zero attached hydrogens (tertiary/aromatic N) is 3. The SMILES string of the molecule is CNC(c1ccc(C)nc1)c1snnc1C. The lowest BCUT2D eigenvalue weighted by atomic mass is 10.1. The van der Waals surface area contributed by atoms with Gasteiger partial charge in [0, 0.05) is 11.9 Å². The molecule has 0 radical (unpaired) electrons. The number of hydrogen-bond donors (Lipinski definition) is 1. The van der Waals surface area contributed by atoms with Gasteiger partial charge in [0.25, 0.3) is 0 Å². The van der Waals surface area contributed by atoms with Gasteiger partial charge < -0.3 is 5.32 Å². The first-order valence-electron chi connectivity index (χ1n) is 5.11. The molecule has 16 heavy (non-hydrogen) atoms. The van der Waals surface area contributed by atoms with Crippen molar-refractivity contribution in [3.8, 4) is 0 Å². The normalized spacial score (nSPS) is 12.7. The highest BCUT2D eigenvalue weighted by Gasteiger charge is 2.17. The molecular formula is C11H14N4S. The molecule has 1 atom stereocenters. The lowest BCUT2D eigenvalue weighted by molar-refractivity contribution is 0.693. The maximum absolute atomic E-state index is 4.31. The summed E-state index contributed by atoms with van der Waals surface area (Å²) in [5.74, 6) is 0. The Bertz CT molecular complexity index is 463. The van der Waals surface area contributed by atoms with Crippen LogP contribution >= 0.6 is 11.5 Å². The molecular weight excluding hydrogens is 220 g/mol. The molecule has 0 spiro atoms. The van der Waals surface area contributed by atoms with Crippen molar-refractivity contribution in [2.75, 3.05) is 7.05 Å². The summed E-state index contributed by atoms with van der Waals surface area (Å²) < 4.78 is 3.96. The van der Waals surface area contributed by atoms with Crippen LogP contribution in [0.5, 0.6) is 0 Å².